The van der Waals surface area contributed by atoms with Crippen molar-refractivity contribution in [2.45, 2.75) is 29.2 Å². The van der Waals surface area contributed by atoms with Crippen molar-refractivity contribution in [3.8, 4) is 0 Å². The minimum absolute atomic E-state index is 0.0890. The highest BCUT2D eigenvalue weighted by Gasteiger charge is 2.12. The fourth-order valence-corrected chi connectivity index (χ4v) is 3.19. The van der Waals surface area contributed by atoms with E-state index in [0.29, 0.717) is 0 Å². The number of fused-ring (bicyclic) bond motifs is 1. The first-order valence-electron chi connectivity index (χ1n) is 6.22. The Bertz CT molecular complexity index is 640. The van der Waals surface area contributed by atoms with Gasteiger partial charge in [0.15, 0.2) is 0 Å². The number of hydrogen-bond acceptors (Lipinski definition) is 3. The molecule has 1 aliphatic carbocycles. The van der Waals surface area contributed by atoms with Crippen LogP contribution >= 0.6 is 11.8 Å². The Morgan fingerprint density at radius 1 is 1.16 bits per heavy atom. The van der Waals surface area contributed by atoms with Crippen LogP contribution in [0.4, 0.5) is 0 Å². The topological polar surface area (TPSA) is 50.2 Å². The van der Waals surface area contributed by atoms with E-state index < -0.39 is 5.97 Å². The van der Waals surface area contributed by atoms with Gasteiger partial charge in [-0.05, 0) is 54.7 Å². The number of hydrogen-bond donors (Lipinski definition) is 1. The maximum absolute atomic E-state index is 10.9. The van der Waals surface area contributed by atoms with Crippen LogP contribution in [0.2, 0.25) is 0 Å². The smallest absolute Gasteiger partial charge is 0.354 e. The average Bonchev–Trinajstić information content (AvgIpc) is 2.86. The summed E-state index contributed by atoms with van der Waals surface area (Å²) in [7, 11) is 0. The summed E-state index contributed by atoms with van der Waals surface area (Å²) in [5, 5.41) is 9.65. The molecule has 96 valence electrons. The zero-order chi connectivity index (χ0) is 13.2. The summed E-state index contributed by atoms with van der Waals surface area (Å²) in [6.45, 7) is 0. The monoisotopic (exact) mass is 271 g/mol. The van der Waals surface area contributed by atoms with Crippen LogP contribution in [0.25, 0.3) is 0 Å². The number of benzene rings is 1. The fraction of sp³-hybridized carbons (Fsp3) is 0.200. The summed E-state index contributed by atoms with van der Waals surface area (Å²) in [5.74, 6) is -0.989. The summed E-state index contributed by atoms with van der Waals surface area (Å²) in [5.41, 5.74) is 2.95. The lowest BCUT2D eigenvalue weighted by Crippen LogP contribution is -1.99. The quantitative estimate of drug-likeness (QED) is 0.929. The largest absolute Gasteiger partial charge is 0.477 e. The second kappa shape index (κ2) is 5.05. The van der Waals surface area contributed by atoms with Gasteiger partial charge >= 0.3 is 5.97 Å². The molecule has 0 amide bonds. The van der Waals surface area contributed by atoms with E-state index in [9.17, 15) is 4.79 Å². The van der Waals surface area contributed by atoms with E-state index >= 15 is 0 Å². The molecule has 1 aliphatic rings. The van der Waals surface area contributed by atoms with Gasteiger partial charge in [0.2, 0.25) is 0 Å². The van der Waals surface area contributed by atoms with Crippen LogP contribution in [0.5, 0.6) is 0 Å². The van der Waals surface area contributed by atoms with E-state index in [1.807, 2.05) is 6.07 Å². The third-order valence-corrected chi connectivity index (χ3v) is 4.16. The molecule has 1 aromatic carbocycles. The van der Waals surface area contributed by atoms with E-state index in [1.165, 1.54) is 41.8 Å². The van der Waals surface area contributed by atoms with Gasteiger partial charge in [0.1, 0.15) is 10.7 Å². The van der Waals surface area contributed by atoms with Crippen LogP contribution in [0.3, 0.4) is 0 Å². The lowest BCUT2D eigenvalue weighted by Gasteiger charge is -2.05. The van der Waals surface area contributed by atoms with Gasteiger partial charge in [-0.2, -0.15) is 0 Å². The molecule has 3 rings (SSSR count). The molecule has 0 atom stereocenters. The van der Waals surface area contributed by atoms with Crippen molar-refractivity contribution in [2.24, 2.45) is 0 Å². The number of aromatic nitrogens is 1. The van der Waals surface area contributed by atoms with Gasteiger partial charge in [0.05, 0.1) is 0 Å². The molecule has 1 aromatic heterocycles. The molecule has 1 heterocycles. The summed E-state index contributed by atoms with van der Waals surface area (Å²) in [6, 6.07) is 11.5. The number of carbonyl (C=O) groups is 1. The fourth-order valence-electron chi connectivity index (χ4n) is 2.32. The highest BCUT2D eigenvalue weighted by molar-refractivity contribution is 7.99. The molecule has 3 nitrogen and oxygen atoms in total. The molecule has 0 saturated heterocycles. The summed E-state index contributed by atoms with van der Waals surface area (Å²) < 4.78 is 0. The Morgan fingerprint density at radius 2 is 2.00 bits per heavy atom. The van der Waals surface area contributed by atoms with E-state index in [4.69, 9.17) is 5.11 Å². The first kappa shape index (κ1) is 12.2. The van der Waals surface area contributed by atoms with Crippen LogP contribution in [0, 0.1) is 0 Å². The van der Waals surface area contributed by atoms with E-state index in [-0.39, 0.29) is 5.69 Å². The Hall–Kier alpha value is -1.81. The van der Waals surface area contributed by atoms with E-state index in [0.717, 1.165) is 16.3 Å². The molecular formula is C15H13NO2S. The van der Waals surface area contributed by atoms with Crippen molar-refractivity contribution in [2.75, 3.05) is 0 Å². The van der Waals surface area contributed by atoms with Crippen molar-refractivity contribution in [3.05, 3.63) is 53.2 Å². The van der Waals surface area contributed by atoms with Crippen LogP contribution in [-0.4, -0.2) is 16.1 Å². The lowest BCUT2D eigenvalue weighted by atomic mass is 10.1. The second-order valence-corrected chi connectivity index (χ2v) is 5.65. The minimum Gasteiger partial charge on any atom is -0.477 e. The van der Waals surface area contributed by atoms with Crippen molar-refractivity contribution in [3.63, 3.8) is 0 Å². The molecule has 2 aromatic rings. The van der Waals surface area contributed by atoms with Crippen LogP contribution in [0.1, 0.15) is 28.0 Å². The number of rotatable bonds is 3. The molecule has 0 radical (unpaired) electrons. The molecule has 0 unspecified atom stereocenters. The molecule has 4 heteroatoms. The molecule has 0 aliphatic heterocycles. The second-order valence-electron chi connectivity index (χ2n) is 4.55. The van der Waals surface area contributed by atoms with Crippen molar-refractivity contribution >= 4 is 17.7 Å². The minimum atomic E-state index is -0.989. The maximum Gasteiger partial charge on any atom is 0.354 e. The first-order valence-corrected chi connectivity index (χ1v) is 7.04. The Morgan fingerprint density at radius 3 is 2.84 bits per heavy atom. The van der Waals surface area contributed by atoms with Gasteiger partial charge in [-0.3, -0.25) is 0 Å². The zero-order valence-electron chi connectivity index (χ0n) is 10.3. The predicted molar refractivity (Wildman–Crippen MR) is 73.8 cm³/mol. The van der Waals surface area contributed by atoms with E-state index in [1.54, 1.807) is 6.07 Å². The summed E-state index contributed by atoms with van der Waals surface area (Å²) >= 11 is 1.51. The maximum atomic E-state index is 10.9. The standard InChI is InChI=1S/C15H13NO2S/c17-15(18)13-5-2-6-14(16-13)19-12-8-7-10-3-1-4-11(10)9-12/h2,5-9H,1,3-4H2,(H,17,18). The average molecular weight is 271 g/mol. The van der Waals surface area contributed by atoms with Gasteiger partial charge in [-0.15, -0.1) is 0 Å². The Balaban J connectivity index is 1.85. The van der Waals surface area contributed by atoms with Crippen LogP contribution in [0.15, 0.2) is 46.3 Å². The van der Waals surface area contributed by atoms with Crippen molar-refractivity contribution in [1.29, 1.82) is 0 Å². The van der Waals surface area contributed by atoms with Gasteiger partial charge in [0.25, 0.3) is 0 Å². The van der Waals surface area contributed by atoms with Gasteiger partial charge < -0.3 is 5.11 Å². The molecule has 1 N–H and O–H groups in total. The number of carboxylic acids is 1. The lowest BCUT2D eigenvalue weighted by molar-refractivity contribution is 0.0689. The van der Waals surface area contributed by atoms with Gasteiger partial charge in [-0.25, -0.2) is 9.78 Å². The molecule has 0 saturated carbocycles. The predicted octanol–water partition coefficient (Wildman–Crippen LogP) is 3.42. The molecule has 0 bridgehead atoms. The van der Waals surface area contributed by atoms with Crippen LogP contribution < -0.4 is 0 Å². The molecule has 0 spiro atoms. The van der Waals surface area contributed by atoms with Crippen LogP contribution in [-0.2, 0) is 12.8 Å². The SMILES string of the molecule is O=C(O)c1cccc(Sc2ccc3c(c2)CCC3)n1. The highest BCUT2D eigenvalue weighted by Crippen LogP contribution is 2.31. The number of aromatic carboxylic acids is 1. The van der Waals surface area contributed by atoms with E-state index in [2.05, 4.69) is 23.2 Å². The zero-order valence-corrected chi connectivity index (χ0v) is 11.1. The van der Waals surface area contributed by atoms with Gasteiger partial charge in [0, 0.05) is 4.90 Å². The third kappa shape index (κ3) is 2.63. The number of aryl methyl sites for hydroxylation is 2. The summed E-state index contributed by atoms with van der Waals surface area (Å²) in [4.78, 5) is 16.1. The Kier molecular flexibility index (Phi) is 3.25. The molecule has 19 heavy (non-hydrogen) atoms. The number of nitrogens with zero attached hydrogens (tertiary/aromatic N) is 1. The van der Waals surface area contributed by atoms with Gasteiger partial charge in [-0.1, -0.05) is 23.9 Å². The first-order chi connectivity index (χ1) is 9.22. The summed E-state index contributed by atoms with van der Waals surface area (Å²) in [6.07, 6.45) is 3.55. The number of pyridine rings is 1. The third-order valence-electron chi connectivity index (χ3n) is 3.24. The highest BCUT2D eigenvalue weighted by atomic mass is 32.2. The molecule has 0 fully saturated rings. The number of carboxylic acid groups (broad SMARTS) is 1. The normalized spacial score (nSPS) is 13.3. The Labute approximate surface area is 115 Å². The van der Waals surface area contributed by atoms with Crippen molar-refractivity contribution in [1.82, 2.24) is 4.98 Å². The molecular weight excluding hydrogens is 258 g/mol. The van der Waals surface area contributed by atoms with Crippen molar-refractivity contribution < 1.29 is 9.90 Å².